The largest absolute Gasteiger partial charge is 0.496 e. The van der Waals surface area contributed by atoms with E-state index >= 15 is 0 Å². The molecule has 3 heteroatoms. The molecule has 0 spiro atoms. The molecule has 0 bridgehead atoms. The third-order valence-electron chi connectivity index (χ3n) is 4.08. The second kappa shape index (κ2) is 9.67. The van der Waals surface area contributed by atoms with Gasteiger partial charge in [-0.25, -0.2) is 4.79 Å². The van der Waals surface area contributed by atoms with Crippen LogP contribution in [0.15, 0.2) is 47.6 Å². The smallest absolute Gasteiger partial charge is 0.328 e. The maximum absolute atomic E-state index is 10.6. The molecule has 0 unspecified atom stereocenters. The van der Waals surface area contributed by atoms with Crippen molar-refractivity contribution in [1.29, 1.82) is 0 Å². The van der Waals surface area contributed by atoms with Crippen molar-refractivity contribution in [3.63, 3.8) is 0 Å². The van der Waals surface area contributed by atoms with Gasteiger partial charge in [-0.1, -0.05) is 42.9 Å². The van der Waals surface area contributed by atoms with Crippen molar-refractivity contribution in [2.75, 3.05) is 7.11 Å². The van der Waals surface area contributed by atoms with Crippen molar-refractivity contribution in [1.82, 2.24) is 0 Å². The number of carboxylic acids is 1. The third-order valence-corrected chi connectivity index (χ3v) is 4.08. The van der Waals surface area contributed by atoms with Crippen LogP contribution in [0.25, 0.3) is 6.08 Å². The first-order valence-electron chi connectivity index (χ1n) is 8.41. The number of aryl methyl sites for hydroxylation is 1. The number of allylic oxidation sites excluding steroid dienone is 6. The molecule has 0 aliphatic heterocycles. The molecule has 3 nitrogen and oxygen atoms in total. The fraction of sp³-hybridized carbons (Fsp3) is 0.318. The summed E-state index contributed by atoms with van der Waals surface area (Å²) < 4.78 is 5.49. The highest BCUT2D eigenvalue weighted by atomic mass is 16.5. The second-order valence-corrected chi connectivity index (χ2v) is 6.10. The molecule has 0 aromatic heterocycles. The summed E-state index contributed by atoms with van der Waals surface area (Å²) >= 11 is 0. The first-order chi connectivity index (χ1) is 11.8. The predicted molar refractivity (Wildman–Crippen MR) is 105 cm³/mol. The second-order valence-electron chi connectivity index (χ2n) is 6.10. The molecule has 0 heterocycles. The molecule has 0 radical (unpaired) electrons. The molecule has 25 heavy (non-hydrogen) atoms. The van der Waals surface area contributed by atoms with E-state index in [1.54, 1.807) is 20.1 Å². The molecule has 0 saturated heterocycles. The third kappa shape index (κ3) is 6.11. The number of methoxy groups -OCH3 is 1. The lowest BCUT2D eigenvalue weighted by Gasteiger charge is -2.15. The minimum atomic E-state index is -0.931. The van der Waals surface area contributed by atoms with Gasteiger partial charge in [-0.05, 0) is 68.0 Å². The minimum absolute atomic E-state index is 0.704. The molecule has 1 N–H and O–H groups in total. The Morgan fingerprint density at radius 2 is 1.88 bits per heavy atom. The lowest BCUT2D eigenvalue weighted by molar-refractivity contribution is -0.131. The highest BCUT2D eigenvalue weighted by molar-refractivity contribution is 5.81. The van der Waals surface area contributed by atoms with Crippen LogP contribution in [0.5, 0.6) is 5.75 Å². The standard InChI is InChI=1S/C22H28O3/c1-7-19-18(5)20(17(4)14-21(19)25-6)12-11-15(2)9-8-10-16(3)13-22(23)24/h8-14H,7H2,1-6H3,(H,23,24)/b10-8+,12-11+,15-9+,16-13+. The molecule has 0 amide bonds. The van der Waals surface area contributed by atoms with Crippen LogP contribution >= 0.6 is 0 Å². The Morgan fingerprint density at radius 3 is 2.44 bits per heavy atom. The summed E-state index contributed by atoms with van der Waals surface area (Å²) in [4.78, 5) is 10.6. The molecule has 134 valence electrons. The van der Waals surface area contributed by atoms with Crippen molar-refractivity contribution in [2.24, 2.45) is 0 Å². The Bertz CT molecular complexity index is 747. The highest BCUT2D eigenvalue weighted by Gasteiger charge is 2.10. The van der Waals surface area contributed by atoms with Crippen molar-refractivity contribution in [3.05, 3.63) is 69.8 Å². The molecule has 0 fully saturated rings. The topological polar surface area (TPSA) is 46.5 Å². The van der Waals surface area contributed by atoms with Crippen LogP contribution < -0.4 is 4.74 Å². The molecule has 0 atom stereocenters. The number of benzene rings is 1. The Morgan fingerprint density at radius 1 is 1.20 bits per heavy atom. The number of rotatable bonds is 7. The predicted octanol–water partition coefficient (Wildman–Crippen LogP) is 5.42. The summed E-state index contributed by atoms with van der Waals surface area (Å²) in [6.45, 7) is 10.1. The van der Waals surface area contributed by atoms with Gasteiger partial charge in [0.25, 0.3) is 0 Å². The number of hydrogen-bond donors (Lipinski definition) is 1. The summed E-state index contributed by atoms with van der Waals surface area (Å²) in [5.74, 6) is 0.0190. The molecule has 1 rings (SSSR count). The number of ether oxygens (including phenoxy) is 1. The minimum Gasteiger partial charge on any atom is -0.496 e. The monoisotopic (exact) mass is 340 g/mol. The van der Waals surface area contributed by atoms with Crippen molar-refractivity contribution in [2.45, 2.75) is 41.0 Å². The van der Waals surface area contributed by atoms with Gasteiger partial charge in [-0.2, -0.15) is 0 Å². The normalized spacial score (nSPS) is 13.0. The maximum Gasteiger partial charge on any atom is 0.328 e. The number of aliphatic carboxylic acids is 1. The zero-order chi connectivity index (χ0) is 19.0. The average molecular weight is 340 g/mol. The molecule has 0 aliphatic carbocycles. The van der Waals surface area contributed by atoms with E-state index in [-0.39, 0.29) is 0 Å². The lowest BCUT2D eigenvalue weighted by atomic mass is 9.94. The van der Waals surface area contributed by atoms with Crippen LogP contribution in [0.2, 0.25) is 0 Å². The van der Waals surface area contributed by atoms with E-state index in [9.17, 15) is 4.79 Å². The van der Waals surface area contributed by atoms with E-state index in [2.05, 4.69) is 39.0 Å². The number of hydrogen-bond acceptors (Lipinski definition) is 2. The Hall–Kier alpha value is -2.55. The van der Waals surface area contributed by atoms with Crippen LogP contribution in [-0.2, 0) is 11.2 Å². The summed E-state index contributed by atoms with van der Waals surface area (Å²) in [7, 11) is 1.71. The molecule has 1 aromatic rings. The van der Waals surface area contributed by atoms with Gasteiger partial charge in [0.05, 0.1) is 7.11 Å². The van der Waals surface area contributed by atoms with E-state index < -0.39 is 5.97 Å². The van der Waals surface area contributed by atoms with E-state index in [0.717, 1.165) is 17.7 Å². The van der Waals surface area contributed by atoms with E-state index in [1.165, 1.54) is 28.3 Å². The van der Waals surface area contributed by atoms with Crippen molar-refractivity contribution >= 4 is 12.0 Å². The highest BCUT2D eigenvalue weighted by Crippen LogP contribution is 2.29. The average Bonchev–Trinajstić information content (AvgIpc) is 2.53. The Kier molecular flexibility index (Phi) is 7.93. The fourth-order valence-electron chi connectivity index (χ4n) is 2.75. The Balaban J connectivity index is 3.04. The summed E-state index contributed by atoms with van der Waals surface area (Å²) in [5, 5.41) is 8.69. The molecular formula is C22H28O3. The van der Waals surface area contributed by atoms with Gasteiger partial charge < -0.3 is 9.84 Å². The van der Waals surface area contributed by atoms with Gasteiger partial charge in [0.15, 0.2) is 0 Å². The summed E-state index contributed by atoms with van der Waals surface area (Å²) in [6.07, 6.45) is 11.9. The molecule has 0 aliphatic rings. The van der Waals surface area contributed by atoms with E-state index in [1.807, 2.05) is 19.1 Å². The first kappa shape index (κ1) is 20.5. The first-order valence-corrected chi connectivity index (χ1v) is 8.41. The van der Waals surface area contributed by atoms with E-state index in [4.69, 9.17) is 9.84 Å². The zero-order valence-corrected chi connectivity index (χ0v) is 16.0. The molecule has 1 aromatic carbocycles. The molecular weight excluding hydrogens is 312 g/mol. The lowest BCUT2D eigenvalue weighted by Crippen LogP contribution is -1.98. The quantitative estimate of drug-likeness (QED) is 0.532. The SMILES string of the molecule is CCc1c(OC)cc(C)c(/C=C/C(C)=C/C=C/C(C)=C/C(=O)O)c1C. The van der Waals surface area contributed by atoms with Crippen molar-refractivity contribution in [3.8, 4) is 5.75 Å². The van der Waals surface area contributed by atoms with Gasteiger partial charge in [-0.3, -0.25) is 0 Å². The van der Waals surface area contributed by atoms with Crippen molar-refractivity contribution < 1.29 is 14.6 Å². The van der Waals surface area contributed by atoms with Crippen LogP contribution in [0, 0.1) is 13.8 Å². The van der Waals surface area contributed by atoms with Gasteiger partial charge >= 0.3 is 5.97 Å². The summed E-state index contributed by atoms with van der Waals surface area (Å²) in [5.41, 5.74) is 6.69. The van der Waals surface area contributed by atoms with E-state index in [0.29, 0.717) is 5.57 Å². The van der Waals surface area contributed by atoms with Crippen LogP contribution in [-0.4, -0.2) is 18.2 Å². The number of carboxylic acid groups (broad SMARTS) is 1. The van der Waals surface area contributed by atoms with Crippen LogP contribution in [0.4, 0.5) is 0 Å². The zero-order valence-electron chi connectivity index (χ0n) is 16.0. The van der Waals surface area contributed by atoms with Crippen LogP contribution in [0.1, 0.15) is 43.0 Å². The Labute approximate surface area is 151 Å². The summed E-state index contributed by atoms with van der Waals surface area (Å²) in [6, 6.07) is 2.09. The maximum atomic E-state index is 10.6. The van der Waals surface area contributed by atoms with Gasteiger partial charge in [0.1, 0.15) is 5.75 Å². The number of carbonyl (C=O) groups is 1. The van der Waals surface area contributed by atoms with Gasteiger partial charge in [0.2, 0.25) is 0 Å². The fourth-order valence-corrected chi connectivity index (χ4v) is 2.75. The van der Waals surface area contributed by atoms with Gasteiger partial charge in [0, 0.05) is 6.08 Å². The molecule has 0 saturated carbocycles. The van der Waals surface area contributed by atoms with Crippen LogP contribution in [0.3, 0.4) is 0 Å². The van der Waals surface area contributed by atoms with Gasteiger partial charge in [-0.15, -0.1) is 0 Å².